The zero-order valence-electron chi connectivity index (χ0n) is 21.6. The van der Waals surface area contributed by atoms with Gasteiger partial charge in [-0.05, 0) is 56.6 Å². The van der Waals surface area contributed by atoms with Gasteiger partial charge in [0.2, 0.25) is 6.79 Å². The molecule has 10 nitrogen and oxygen atoms in total. The van der Waals surface area contributed by atoms with Crippen LogP contribution in [0.5, 0.6) is 11.5 Å². The second kappa shape index (κ2) is 9.53. The first kappa shape index (κ1) is 24.1. The summed E-state index contributed by atoms with van der Waals surface area (Å²) in [7, 11) is 3.56. The van der Waals surface area contributed by atoms with Crippen molar-refractivity contribution < 1.29 is 9.47 Å². The van der Waals surface area contributed by atoms with E-state index in [1.54, 1.807) is 25.4 Å². The van der Waals surface area contributed by atoms with Crippen molar-refractivity contribution in [2.45, 2.75) is 50.6 Å². The van der Waals surface area contributed by atoms with Crippen molar-refractivity contribution in [3.63, 3.8) is 0 Å². The molecule has 0 saturated heterocycles. The summed E-state index contributed by atoms with van der Waals surface area (Å²) in [6.45, 7) is 1.21. The molecule has 3 aliphatic rings. The highest BCUT2D eigenvalue weighted by Gasteiger charge is 2.34. The SMILES string of the molecule is CN(c1c(C#N)c(=O)n(C)c2ccc(C#N)nc12)C1CCC(N(CC2CC2)c2cc3c(cn2)OCO3)CC1. The predicted molar refractivity (Wildman–Crippen MR) is 141 cm³/mol. The zero-order valence-corrected chi connectivity index (χ0v) is 21.6. The monoisotopic (exact) mass is 511 g/mol. The Morgan fingerprint density at radius 1 is 1.05 bits per heavy atom. The van der Waals surface area contributed by atoms with E-state index in [0.29, 0.717) is 34.4 Å². The van der Waals surface area contributed by atoms with Crippen molar-refractivity contribution in [3.05, 3.63) is 46.0 Å². The Balaban J connectivity index is 1.27. The van der Waals surface area contributed by atoms with Gasteiger partial charge in [-0.1, -0.05) is 0 Å². The van der Waals surface area contributed by atoms with Crippen LogP contribution >= 0.6 is 0 Å². The molecule has 0 N–H and O–H groups in total. The lowest BCUT2D eigenvalue weighted by Gasteiger charge is -2.41. The standard InChI is InChI=1S/C28H29N7O3/c1-33(27-21(13-30)28(36)34(2)22-10-5-18(12-29)32-26(22)27)19-6-8-20(9-7-19)35(15-17-3-4-17)25-11-23-24(14-31-25)38-16-37-23/h5,10-11,14,17,19-20H,3-4,6-9,15-16H2,1-2H3. The largest absolute Gasteiger partial charge is 0.453 e. The van der Waals surface area contributed by atoms with Crippen LogP contribution in [0.2, 0.25) is 0 Å². The molecule has 2 aliphatic carbocycles. The molecule has 0 aromatic carbocycles. The third kappa shape index (κ3) is 4.16. The van der Waals surface area contributed by atoms with Gasteiger partial charge in [0.1, 0.15) is 34.7 Å². The third-order valence-electron chi connectivity index (χ3n) is 8.14. The van der Waals surface area contributed by atoms with E-state index in [0.717, 1.165) is 43.8 Å². The fourth-order valence-electron chi connectivity index (χ4n) is 5.80. The molecule has 1 aliphatic heterocycles. The number of nitriles is 2. The van der Waals surface area contributed by atoms with Crippen molar-refractivity contribution in [2.75, 3.05) is 30.2 Å². The molecule has 2 fully saturated rings. The van der Waals surface area contributed by atoms with Crippen LogP contribution in [0.15, 0.2) is 29.2 Å². The van der Waals surface area contributed by atoms with Gasteiger partial charge < -0.3 is 23.8 Å². The fourth-order valence-corrected chi connectivity index (χ4v) is 5.80. The molecule has 3 aromatic heterocycles. The van der Waals surface area contributed by atoms with Gasteiger partial charge >= 0.3 is 0 Å². The summed E-state index contributed by atoms with van der Waals surface area (Å²) in [5.74, 6) is 3.06. The van der Waals surface area contributed by atoms with E-state index in [4.69, 9.17) is 14.5 Å². The van der Waals surface area contributed by atoms with E-state index in [-0.39, 0.29) is 29.7 Å². The Kier molecular flexibility index (Phi) is 6.03. The lowest BCUT2D eigenvalue weighted by Crippen LogP contribution is -2.45. The van der Waals surface area contributed by atoms with Crippen LogP contribution in [0.4, 0.5) is 11.5 Å². The molecule has 0 spiro atoms. The van der Waals surface area contributed by atoms with Crippen LogP contribution in [0.25, 0.3) is 11.0 Å². The number of hydrogen-bond acceptors (Lipinski definition) is 9. The molecule has 2 saturated carbocycles. The molecule has 6 rings (SSSR count). The molecule has 38 heavy (non-hydrogen) atoms. The summed E-state index contributed by atoms with van der Waals surface area (Å²) in [5.41, 5.74) is 1.59. The van der Waals surface area contributed by atoms with Crippen LogP contribution in [0.1, 0.15) is 49.8 Å². The van der Waals surface area contributed by atoms with Crippen LogP contribution in [0, 0.1) is 28.6 Å². The Bertz CT molecular complexity index is 1540. The average Bonchev–Trinajstić information content (AvgIpc) is 3.66. The van der Waals surface area contributed by atoms with Crippen LogP contribution in [-0.2, 0) is 7.05 Å². The van der Waals surface area contributed by atoms with Crippen molar-refractivity contribution in [1.29, 1.82) is 10.5 Å². The lowest BCUT2D eigenvalue weighted by molar-refractivity contribution is 0.174. The number of rotatable bonds is 6. The molecule has 3 aromatic rings. The Labute approximate surface area is 220 Å². The number of pyridine rings is 3. The molecule has 0 unspecified atom stereocenters. The number of ether oxygens (including phenoxy) is 2. The minimum Gasteiger partial charge on any atom is -0.453 e. The first-order valence-electron chi connectivity index (χ1n) is 13.1. The summed E-state index contributed by atoms with van der Waals surface area (Å²) in [4.78, 5) is 26.7. The molecule has 0 atom stereocenters. The number of anilines is 2. The average molecular weight is 512 g/mol. The van der Waals surface area contributed by atoms with E-state index >= 15 is 0 Å². The summed E-state index contributed by atoms with van der Waals surface area (Å²) < 4.78 is 12.5. The van der Waals surface area contributed by atoms with Crippen molar-refractivity contribution in [3.8, 4) is 23.6 Å². The minimum atomic E-state index is -0.355. The van der Waals surface area contributed by atoms with E-state index in [2.05, 4.69) is 22.0 Å². The predicted octanol–water partition coefficient (Wildman–Crippen LogP) is 3.46. The topological polar surface area (TPSA) is 120 Å². The van der Waals surface area contributed by atoms with Crippen molar-refractivity contribution >= 4 is 22.5 Å². The molecule has 0 radical (unpaired) electrons. The van der Waals surface area contributed by atoms with Crippen LogP contribution in [0.3, 0.4) is 0 Å². The number of hydrogen-bond donors (Lipinski definition) is 0. The summed E-state index contributed by atoms with van der Waals surface area (Å²) >= 11 is 0. The molecule has 0 amide bonds. The van der Waals surface area contributed by atoms with Gasteiger partial charge in [0.15, 0.2) is 11.5 Å². The summed E-state index contributed by atoms with van der Waals surface area (Å²) in [6, 6.07) is 9.99. The molecular formula is C28H29N7O3. The van der Waals surface area contributed by atoms with Crippen molar-refractivity contribution in [2.24, 2.45) is 13.0 Å². The van der Waals surface area contributed by atoms with E-state index in [1.807, 2.05) is 18.0 Å². The molecule has 0 bridgehead atoms. The maximum Gasteiger partial charge on any atom is 0.270 e. The normalized spacial score (nSPS) is 20.1. The summed E-state index contributed by atoms with van der Waals surface area (Å²) in [5, 5.41) is 19.4. The third-order valence-corrected chi connectivity index (χ3v) is 8.14. The number of fused-ring (bicyclic) bond motifs is 2. The highest BCUT2D eigenvalue weighted by molar-refractivity contribution is 5.92. The maximum absolute atomic E-state index is 13.1. The van der Waals surface area contributed by atoms with Crippen LogP contribution < -0.4 is 24.8 Å². The van der Waals surface area contributed by atoms with Gasteiger partial charge in [0.05, 0.1) is 17.4 Å². The van der Waals surface area contributed by atoms with Gasteiger partial charge in [-0.25, -0.2) is 9.97 Å². The van der Waals surface area contributed by atoms with Gasteiger partial charge in [-0.2, -0.15) is 10.5 Å². The Morgan fingerprint density at radius 2 is 1.79 bits per heavy atom. The Morgan fingerprint density at radius 3 is 2.50 bits per heavy atom. The number of nitrogens with zero attached hydrogens (tertiary/aromatic N) is 7. The van der Waals surface area contributed by atoms with Gasteiger partial charge in [-0.15, -0.1) is 0 Å². The fraction of sp³-hybridized carbons (Fsp3) is 0.464. The van der Waals surface area contributed by atoms with Gasteiger partial charge in [-0.3, -0.25) is 4.79 Å². The van der Waals surface area contributed by atoms with Crippen molar-refractivity contribution in [1.82, 2.24) is 14.5 Å². The number of aromatic nitrogens is 3. The Hall–Kier alpha value is -4.31. The smallest absolute Gasteiger partial charge is 0.270 e. The first-order valence-corrected chi connectivity index (χ1v) is 13.1. The van der Waals surface area contributed by atoms with E-state index < -0.39 is 0 Å². The van der Waals surface area contributed by atoms with Gasteiger partial charge in [0, 0.05) is 38.8 Å². The minimum absolute atomic E-state index is 0.0622. The highest BCUT2D eigenvalue weighted by atomic mass is 16.7. The van der Waals surface area contributed by atoms with E-state index in [1.165, 1.54) is 17.4 Å². The molecule has 4 heterocycles. The molecule has 10 heteroatoms. The number of aryl methyl sites for hydroxylation is 1. The highest BCUT2D eigenvalue weighted by Crippen LogP contribution is 2.40. The second-order valence-corrected chi connectivity index (χ2v) is 10.4. The first-order chi connectivity index (χ1) is 18.5. The summed E-state index contributed by atoms with van der Waals surface area (Å²) in [6.07, 6.45) is 7.97. The molecular weight excluding hydrogens is 482 g/mol. The lowest BCUT2D eigenvalue weighted by atomic mass is 9.88. The van der Waals surface area contributed by atoms with Gasteiger partial charge in [0.25, 0.3) is 5.56 Å². The quantitative estimate of drug-likeness (QED) is 0.490. The second-order valence-electron chi connectivity index (χ2n) is 10.4. The zero-order chi connectivity index (χ0) is 26.4. The van der Waals surface area contributed by atoms with Crippen LogP contribution in [-0.4, -0.2) is 47.0 Å². The maximum atomic E-state index is 13.1. The van der Waals surface area contributed by atoms with E-state index in [9.17, 15) is 15.3 Å². The molecule has 194 valence electrons.